The molecular formula is C12H14N4O4. The lowest BCUT2D eigenvalue weighted by Crippen LogP contribution is -2.57. The van der Waals surface area contributed by atoms with E-state index in [4.69, 9.17) is 5.73 Å². The number of pyridine rings is 1. The molecule has 0 saturated carbocycles. The largest absolute Gasteiger partial charge is 0.465 e. The third-order valence-corrected chi connectivity index (χ3v) is 2.99. The number of nitrogens with one attached hydrogen (secondary N) is 1. The zero-order chi connectivity index (χ0) is 14.9. The first-order chi connectivity index (χ1) is 9.43. The summed E-state index contributed by atoms with van der Waals surface area (Å²) < 4.78 is 4.67. The van der Waals surface area contributed by atoms with Gasteiger partial charge < -0.3 is 15.4 Å². The minimum Gasteiger partial charge on any atom is -0.465 e. The number of amides is 2. The highest BCUT2D eigenvalue weighted by molar-refractivity contribution is 6.06. The molecule has 1 aliphatic heterocycles. The van der Waals surface area contributed by atoms with E-state index in [2.05, 4.69) is 15.0 Å². The fraction of sp³-hybridized carbons (Fsp3) is 0.333. The molecule has 8 heteroatoms. The Morgan fingerprint density at radius 3 is 2.90 bits per heavy atom. The van der Waals surface area contributed by atoms with Crippen molar-refractivity contribution in [2.75, 3.05) is 24.3 Å². The van der Waals surface area contributed by atoms with E-state index in [9.17, 15) is 14.4 Å². The summed E-state index contributed by atoms with van der Waals surface area (Å²) in [6, 6.07) is 0.768. The molecule has 8 nitrogen and oxygen atoms in total. The number of carbonyl (C=O) groups is 3. The molecule has 1 saturated heterocycles. The molecule has 1 unspecified atom stereocenters. The van der Waals surface area contributed by atoms with Gasteiger partial charge in [0.25, 0.3) is 0 Å². The molecule has 1 aliphatic rings. The summed E-state index contributed by atoms with van der Waals surface area (Å²) in [5.41, 5.74) is 6.00. The van der Waals surface area contributed by atoms with Crippen molar-refractivity contribution < 1.29 is 19.1 Å². The first-order valence-corrected chi connectivity index (χ1v) is 5.88. The standard InChI is InChI=1S/C12H14N4O4/c1-6-11(18)15-9(17)5-16(6)10-8(12(19)20-2)3-7(13)4-14-10/h3-4,6H,5,13H2,1-2H3,(H,15,17,18). The fourth-order valence-corrected chi connectivity index (χ4v) is 1.94. The number of ether oxygens (including phenoxy) is 1. The molecule has 0 bridgehead atoms. The molecule has 0 radical (unpaired) electrons. The average Bonchev–Trinajstić information content (AvgIpc) is 2.42. The summed E-state index contributed by atoms with van der Waals surface area (Å²) >= 11 is 0. The molecular weight excluding hydrogens is 264 g/mol. The van der Waals surface area contributed by atoms with Crippen molar-refractivity contribution in [3.63, 3.8) is 0 Å². The van der Waals surface area contributed by atoms with Crippen LogP contribution in [0.2, 0.25) is 0 Å². The lowest BCUT2D eigenvalue weighted by atomic mass is 10.1. The maximum absolute atomic E-state index is 11.8. The normalized spacial score (nSPS) is 18.7. The zero-order valence-corrected chi connectivity index (χ0v) is 11.0. The van der Waals surface area contributed by atoms with Crippen molar-refractivity contribution in [2.24, 2.45) is 0 Å². The number of aromatic nitrogens is 1. The van der Waals surface area contributed by atoms with E-state index in [1.165, 1.54) is 24.3 Å². The van der Waals surface area contributed by atoms with Gasteiger partial charge in [0, 0.05) is 0 Å². The van der Waals surface area contributed by atoms with E-state index >= 15 is 0 Å². The number of nitrogen functional groups attached to an aromatic ring is 1. The molecule has 20 heavy (non-hydrogen) atoms. The molecule has 2 amide bonds. The highest BCUT2D eigenvalue weighted by atomic mass is 16.5. The second kappa shape index (κ2) is 5.16. The quantitative estimate of drug-likeness (QED) is 0.543. The number of rotatable bonds is 2. The Bertz CT molecular complexity index is 587. The van der Waals surface area contributed by atoms with Gasteiger partial charge >= 0.3 is 5.97 Å². The monoisotopic (exact) mass is 278 g/mol. The Balaban J connectivity index is 2.48. The molecule has 1 atom stereocenters. The smallest absolute Gasteiger partial charge is 0.341 e. The summed E-state index contributed by atoms with van der Waals surface area (Å²) in [6.07, 6.45) is 1.35. The Hall–Kier alpha value is -2.64. The average molecular weight is 278 g/mol. The van der Waals surface area contributed by atoms with Crippen LogP contribution < -0.4 is 16.0 Å². The molecule has 1 fully saturated rings. The number of methoxy groups -OCH3 is 1. The van der Waals surface area contributed by atoms with E-state index < -0.39 is 23.8 Å². The Morgan fingerprint density at radius 2 is 2.25 bits per heavy atom. The number of hydrogen-bond acceptors (Lipinski definition) is 7. The first-order valence-electron chi connectivity index (χ1n) is 5.88. The predicted octanol–water partition coefficient (Wildman–Crippen LogP) is -0.698. The molecule has 0 aliphatic carbocycles. The van der Waals surface area contributed by atoms with Crippen LogP contribution in [0.3, 0.4) is 0 Å². The van der Waals surface area contributed by atoms with E-state index in [-0.39, 0.29) is 23.6 Å². The van der Waals surface area contributed by atoms with E-state index in [0.29, 0.717) is 0 Å². The minimum atomic E-state index is -0.634. The van der Waals surface area contributed by atoms with Crippen LogP contribution in [0, 0.1) is 0 Å². The van der Waals surface area contributed by atoms with Gasteiger partial charge in [-0.2, -0.15) is 0 Å². The van der Waals surface area contributed by atoms with Crippen molar-refractivity contribution in [2.45, 2.75) is 13.0 Å². The second-order valence-corrected chi connectivity index (χ2v) is 4.35. The minimum absolute atomic E-state index is 0.0756. The number of piperazine rings is 1. The molecule has 3 N–H and O–H groups in total. The maximum atomic E-state index is 11.8. The summed E-state index contributed by atoms with van der Waals surface area (Å²) in [5, 5.41) is 2.21. The first kappa shape index (κ1) is 13.8. The topological polar surface area (TPSA) is 115 Å². The molecule has 1 aromatic rings. The van der Waals surface area contributed by atoms with Crippen LogP contribution in [0.25, 0.3) is 0 Å². The van der Waals surface area contributed by atoms with Crippen LogP contribution in [0.4, 0.5) is 11.5 Å². The van der Waals surface area contributed by atoms with Gasteiger partial charge in [0.2, 0.25) is 11.8 Å². The highest BCUT2D eigenvalue weighted by Gasteiger charge is 2.33. The lowest BCUT2D eigenvalue weighted by Gasteiger charge is -2.33. The summed E-state index contributed by atoms with van der Waals surface area (Å²) in [7, 11) is 1.23. The SMILES string of the molecule is COC(=O)c1cc(N)cnc1N1CC(=O)NC(=O)C1C. The number of esters is 1. The van der Waals surface area contributed by atoms with Gasteiger partial charge in [0.15, 0.2) is 0 Å². The van der Waals surface area contributed by atoms with Crippen LogP contribution in [-0.2, 0) is 14.3 Å². The zero-order valence-electron chi connectivity index (χ0n) is 11.0. The van der Waals surface area contributed by atoms with E-state index in [1.807, 2.05) is 0 Å². The Labute approximate surface area is 114 Å². The molecule has 0 aromatic carbocycles. The van der Waals surface area contributed by atoms with Gasteiger partial charge in [-0.25, -0.2) is 9.78 Å². The Kier molecular flexibility index (Phi) is 3.55. The highest BCUT2D eigenvalue weighted by Crippen LogP contribution is 2.24. The molecule has 2 heterocycles. The number of anilines is 2. The lowest BCUT2D eigenvalue weighted by molar-refractivity contribution is -0.132. The van der Waals surface area contributed by atoms with Gasteiger partial charge in [0.1, 0.15) is 17.4 Å². The number of carbonyl (C=O) groups excluding carboxylic acids is 3. The Morgan fingerprint density at radius 1 is 1.55 bits per heavy atom. The van der Waals surface area contributed by atoms with Crippen LogP contribution in [0.15, 0.2) is 12.3 Å². The van der Waals surface area contributed by atoms with Crippen LogP contribution in [0.5, 0.6) is 0 Å². The summed E-state index contributed by atoms with van der Waals surface area (Å²) in [4.78, 5) is 40.4. The molecule has 1 aromatic heterocycles. The van der Waals surface area contributed by atoms with E-state index in [1.54, 1.807) is 6.92 Å². The van der Waals surface area contributed by atoms with Crippen LogP contribution in [0.1, 0.15) is 17.3 Å². The molecule has 106 valence electrons. The third kappa shape index (κ3) is 2.40. The number of nitrogens with two attached hydrogens (primary N) is 1. The van der Waals surface area contributed by atoms with Crippen molar-refractivity contribution in [3.8, 4) is 0 Å². The van der Waals surface area contributed by atoms with E-state index in [0.717, 1.165) is 0 Å². The molecule has 2 rings (SSSR count). The fourth-order valence-electron chi connectivity index (χ4n) is 1.94. The number of hydrogen-bond donors (Lipinski definition) is 2. The summed E-state index contributed by atoms with van der Waals surface area (Å²) in [5.74, 6) is -1.34. The predicted molar refractivity (Wildman–Crippen MR) is 69.9 cm³/mol. The number of nitrogens with zero attached hydrogens (tertiary/aromatic N) is 2. The van der Waals surface area contributed by atoms with Crippen molar-refractivity contribution >= 4 is 29.3 Å². The third-order valence-electron chi connectivity index (χ3n) is 2.99. The number of imide groups is 1. The summed E-state index contributed by atoms with van der Waals surface area (Å²) in [6.45, 7) is 1.54. The van der Waals surface area contributed by atoms with Crippen molar-refractivity contribution in [3.05, 3.63) is 17.8 Å². The van der Waals surface area contributed by atoms with Gasteiger partial charge in [-0.3, -0.25) is 14.9 Å². The van der Waals surface area contributed by atoms with Crippen LogP contribution in [-0.4, -0.2) is 42.5 Å². The maximum Gasteiger partial charge on any atom is 0.341 e. The van der Waals surface area contributed by atoms with Gasteiger partial charge in [-0.05, 0) is 13.0 Å². The van der Waals surface area contributed by atoms with Crippen LogP contribution >= 0.6 is 0 Å². The van der Waals surface area contributed by atoms with Crippen molar-refractivity contribution in [1.29, 1.82) is 0 Å². The second-order valence-electron chi connectivity index (χ2n) is 4.35. The van der Waals surface area contributed by atoms with Gasteiger partial charge in [0.05, 0.1) is 25.5 Å². The molecule has 0 spiro atoms. The van der Waals surface area contributed by atoms with Crippen molar-refractivity contribution in [1.82, 2.24) is 10.3 Å². The van der Waals surface area contributed by atoms with Gasteiger partial charge in [-0.1, -0.05) is 0 Å². The van der Waals surface area contributed by atoms with Gasteiger partial charge in [-0.15, -0.1) is 0 Å².